The maximum atomic E-state index is 9.43. The van der Waals surface area contributed by atoms with Crippen molar-refractivity contribution in [3.8, 4) is 68.3 Å². The van der Waals surface area contributed by atoms with Gasteiger partial charge in [-0.15, -0.1) is 0 Å². The Morgan fingerprint density at radius 3 is 0.640 bits per heavy atom. The highest BCUT2D eigenvalue weighted by Crippen LogP contribution is 2.49. The molecule has 114 heavy (non-hydrogen) atoms. The summed E-state index contributed by atoms with van der Waals surface area (Å²) in [6.07, 6.45) is 0. The number of aryl methyl sites for hydroxylation is 8. The van der Waals surface area contributed by atoms with Gasteiger partial charge in [0, 0.05) is 55.0 Å². The molecule has 0 bridgehead atoms. The molecule has 0 saturated carbocycles. The predicted molar refractivity (Wildman–Crippen MR) is 464 cm³/mol. The number of aromatic nitrogens is 18. The average Bonchev–Trinajstić information content (AvgIpc) is 0.680. The Morgan fingerprint density at radius 1 is 0.219 bits per heavy atom. The standard InChI is InChI=1S/C38H44N6.C32H32N6.C26H20N6/c1-35(2,3)31-39-29(40-32(43-31)36(4,5)6)25-19-15-21-14-18-24-26(20-16-22-13-17-23(25)27(21)28(22)24)30-41-33(37(7,8)9)44-34(42-30)38(10,11)12;1-15(2)25-13-27(31-35-17(5)33-18(6)36-31)23-12-10-22-26(16(3)4)14-28(32-37-19(7)34-20(8)38-32)24-11-9-21(25)29(23)30(22)24;1-13-27-14(2)30-25(29-13)21-11-7-17-6-10-20-22(26-31-15(3)28-16(4)32-26)12-8-18-5-9-19(21)23(17)24(18)20/h13-20H,1-12H3;9-16H,1-8H3;5-12H,1-4H3/i;9D,10D,11D,12D,13D,14D;. The Labute approximate surface area is 673 Å². The lowest BCUT2D eigenvalue weighted by atomic mass is 9.82. The van der Waals surface area contributed by atoms with Crippen molar-refractivity contribution in [2.24, 2.45) is 0 Å². The quantitative estimate of drug-likeness (QED) is 0.129. The van der Waals surface area contributed by atoms with Crippen molar-refractivity contribution in [1.82, 2.24) is 89.7 Å². The van der Waals surface area contributed by atoms with Crippen LogP contribution in [0.2, 0.25) is 0 Å². The van der Waals surface area contributed by atoms with Gasteiger partial charge in [0.25, 0.3) is 0 Å². The lowest BCUT2D eigenvalue weighted by molar-refractivity contribution is 0.497. The average molecular weight is 1510 g/mol. The largest absolute Gasteiger partial charge is 0.219 e. The zero-order valence-corrected chi connectivity index (χ0v) is 69.4. The second-order valence-corrected chi connectivity index (χ2v) is 34.8. The zero-order valence-electron chi connectivity index (χ0n) is 75.4. The molecule has 6 heterocycles. The van der Waals surface area contributed by atoms with Crippen LogP contribution in [0.4, 0.5) is 0 Å². The molecule has 0 aliphatic rings. The van der Waals surface area contributed by atoms with E-state index in [1.807, 2.05) is 55.4 Å². The monoisotopic (exact) mass is 1510 g/mol. The highest BCUT2D eigenvalue weighted by molar-refractivity contribution is 6.30. The van der Waals surface area contributed by atoms with Gasteiger partial charge in [-0.3, -0.25) is 0 Å². The summed E-state index contributed by atoms with van der Waals surface area (Å²) in [4.78, 5) is 84.1. The smallest absolute Gasteiger partial charge is 0.164 e. The molecule has 570 valence electrons. The van der Waals surface area contributed by atoms with E-state index in [9.17, 15) is 8.22 Å². The fraction of sp³-hybridized carbons (Fsp3) is 0.312. The van der Waals surface area contributed by atoms with Crippen molar-refractivity contribution in [3.63, 3.8) is 0 Å². The molecule has 0 aliphatic carbocycles. The Morgan fingerprint density at radius 2 is 0.421 bits per heavy atom. The van der Waals surface area contributed by atoms with Gasteiger partial charge in [0.15, 0.2) is 34.9 Å². The van der Waals surface area contributed by atoms with Crippen molar-refractivity contribution in [1.29, 1.82) is 0 Å². The SMILES string of the molecule is CC(C)(C)c1nc(-c2ccc3ccc4c(-c5nc(C(C)(C)C)nc(C(C)(C)C)n5)ccc5ccc2c3c54)nc(C(C)(C)C)n1.Cc1nc(C)nc(-c2ccc3ccc4c(-c5nc(C)nc(C)n5)ccc5ccc2c3c54)n1.[2H]c1c(-c2nc(C)nc(C)n2)c2c([2H])c([2H])c3c(C(C)C)c([2H])c(-c4nc(C)nc(C)n4)c4c([2H])c([2H])c(c1C(C)C)c2c43. The minimum atomic E-state index is -0.229. The van der Waals surface area contributed by atoms with Crippen LogP contribution in [-0.2, 0) is 21.7 Å². The summed E-state index contributed by atoms with van der Waals surface area (Å²) in [5.41, 5.74) is 4.88. The summed E-state index contributed by atoms with van der Waals surface area (Å²) in [5.74, 6) is 10.8. The lowest BCUT2D eigenvalue weighted by Crippen LogP contribution is -2.24. The third kappa shape index (κ3) is 13.8. The van der Waals surface area contributed by atoms with Gasteiger partial charge < -0.3 is 0 Å². The predicted octanol–water partition coefficient (Wildman–Crippen LogP) is 22.8. The zero-order chi connectivity index (χ0) is 86.1. The van der Waals surface area contributed by atoms with Crippen LogP contribution in [0.25, 0.3) is 165 Å². The molecular weight excluding hydrogens is 1410 g/mol. The second-order valence-electron chi connectivity index (χ2n) is 34.8. The molecule has 0 spiro atoms. The summed E-state index contributed by atoms with van der Waals surface area (Å²) >= 11 is 0. The highest BCUT2D eigenvalue weighted by Gasteiger charge is 2.31. The van der Waals surface area contributed by atoms with Gasteiger partial charge in [0.2, 0.25) is 0 Å². The number of hydrogen-bond donors (Lipinski definition) is 0. The van der Waals surface area contributed by atoms with E-state index in [-0.39, 0.29) is 92.2 Å². The summed E-state index contributed by atoms with van der Waals surface area (Å²) in [6, 6.07) is 34.4. The molecule has 0 saturated heterocycles. The molecule has 0 radical (unpaired) electrons. The molecule has 18 nitrogen and oxygen atoms in total. The van der Waals surface area contributed by atoms with Gasteiger partial charge in [0.05, 0.1) is 8.22 Å². The minimum absolute atomic E-state index is 0.0610. The van der Waals surface area contributed by atoms with Gasteiger partial charge in [-0.05, 0) is 212 Å². The molecular formula is C96H96N18. The fourth-order valence-corrected chi connectivity index (χ4v) is 15.4. The molecule has 18 heteroatoms. The van der Waals surface area contributed by atoms with E-state index >= 15 is 0 Å². The van der Waals surface area contributed by atoms with Gasteiger partial charge >= 0.3 is 0 Å². The van der Waals surface area contributed by atoms with E-state index in [0.717, 1.165) is 102 Å². The second kappa shape index (κ2) is 27.9. The summed E-state index contributed by atoms with van der Waals surface area (Å²) in [6.45, 7) is 48.1. The number of rotatable bonds is 8. The normalized spacial score (nSPS) is 13.3. The molecule has 0 N–H and O–H groups in total. The molecule has 12 aromatic carbocycles. The van der Waals surface area contributed by atoms with E-state index in [2.05, 4.69) is 240 Å². The van der Waals surface area contributed by atoms with Gasteiger partial charge in [-0.1, -0.05) is 208 Å². The first-order valence-corrected chi connectivity index (χ1v) is 39.0. The Kier molecular flexibility index (Phi) is 16.8. The van der Waals surface area contributed by atoms with E-state index in [1.54, 1.807) is 27.7 Å². The Hall–Kier alpha value is -12.2. The topological polar surface area (TPSA) is 232 Å². The first kappa shape index (κ1) is 68.6. The molecule has 0 unspecified atom stereocenters. The van der Waals surface area contributed by atoms with Crippen LogP contribution in [0, 0.1) is 55.4 Å². The fourth-order valence-electron chi connectivity index (χ4n) is 15.4. The first-order valence-electron chi connectivity index (χ1n) is 42.0. The molecule has 6 aromatic heterocycles. The number of hydrogen-bond acceptors (Lipinski definition) is 18. The van der Waals surface area contributed by atoms with Crippen molar-refractivity contribution >= 4 is 97.0 Å². The lowest BCUT2D eigenvalue weighted by Gasteiger charge is -2.23. The molecule has 0 aliphatic heterocycles. The van der Waals surface area contributed by atoms with Gasteiger partial charge in [-0.2, -0.15) is 0 Å². The molecule has 0 fully saturated rings. The Balaban J connectivity index is 0.000000136. The van der Waals surface area contributed by atoms with E-state index in [4.69, 9.17) is 29.9 Å². The third-order valence-electron chi connectivity index (χ3n) is 20.7. The van der Waals surface area contributed by atoms with Crippen LogP contribution in [0.15, 0.2) is 133 Å². The minimum Gasteiger partial charge on any atom is -0.219 e. The summed E-state index contributed by atoms with van der Waals surface area (Å²) < 4.78 is 56.3. The van der Waals surface area contributed by atoms with E-state index in [0.29, 0.717) is 78.7 Å². The van der Waals surface area contributed by atoms with Gasteiger partial charge in [0.1, 0.15) is 69.9 Å². The number of nitrogens with zero attached hydrogens (tertiary/aromatic N) is 18. The Bertz CT molecular complexity index is 6710. The maximum absolute atomic E-state index is 9.43. The summed E-state index contributed by atoms with van der Waals surface area (Å²) in [7, 11) is 0. The molecule has 0 atom stereocenters. The summed E-state index contributed by atoms with van der Waals surface area (Å²) in [5, 5.41) is 16.4. The van der Waals surface area contributed by atoms with Gasteiger partial charge in [-0.25, -0.2) is 89.7 Å². The van der Waals surface area contributed by atoms with Crippen LogP contribution in [-0.4, -0.2) is 89.7 Å². The molecule has 18 rings (SSSR count). The van der Waals surface area contributed by atoms with Crippen LogP contribution in [0.3, 0.4) is 0 Å². The highest BCUT2D eigenvalue weighted by atomic mass is 15.1. The number of benzene rings is 12. The first-order chi connectivity index (χ1) is 56.4. The van der Waals surface area contributed by atoms with E-state index < -0.39 is 0 Å². The molecule has 18 aromatic rings. The van der Waals surface area contributed by atoms with Crippen LogP contribution in [0.5, 0.6) is 0 Å². The molecule has 0 amide bonds. The van der Waals surface area contributed by atoms with E-state index in [1.165, 1.54) is 43.1 Å². The van der Waals surface area contributed by atoms with Crippen molar-refractivity contribution in [2.75, 3.05) is 0 Å². The van der Waals surface area contributed by atoms with Crippen LogP contribution >= 0.6 is 0 Å². The van der Waals surface area contributed by atoms with Crippen LogP contribution in [0.1, 0.15) is 212 Å². The van der Waals surface area contributed by atoms with Crippen molar-refractivity contribution in [2.45, 2.75) is 200 Å². The van der Waals surface area contributed by atoms with Crippen molar-refractivity contribution in [3.05, 3.63) is 214 Å². The van der Waals surface area contributed by atoms with Crippen LogP contribution < -0.4 is 0 Å². The third-order valence-corrected chi connectivity index (χ3v) is 20.7. The maximum Gasteiger partial charge on any atom is 0.164 e. The van der Waals surface area contributed by atoms with Crippen molar-refractivity contribution < 1.29 is 8.22 Å².